The standard InChI is InChI=1S/C24H34N3O4P/c1-4-30-32(29,31-5-2)18-19-11-14-22(15-12-19)26-23(28)16-13-21-17-25-27(3)24(21)20-9-7-6-8-10-20/h11-17,20H,4-10,18H2,1-3H3,(H,26,28)/b16-13+. The first-order chi connectivity index (χ1) is 15.4. The van der Waals surface area contributed by atoms with Crippen LogP contribution in [0, 0.1) is 0 Å². The molecule has 2 aromatic rings. The fourth-order valence-electron chi connectivity index (χ4n) is 4.26. The summed E-state index contributed by atoms with van der Waals surface area (Å²) in [5.74, 6) is 0.307. The molecule has 7 nitrogen and oxygen atoms in total. The number of rotatable bonds is 10. The number of aryl methyl sites for hydroxylation is 1. The summed E-state index contributed by atoms with van der Waals surface area (Å²) in [6, 6.07) is 7.24. The van der Waals surface area contributed by atoms with Crippen LogP contribution in [0.1, 0.15) is 68.7 Å². The van der Waals surface area contributed by atoms with E-state index in [9.17, 15) is 9.36 Å². The van der Waals surface area contributed by atoms with Crippen LogP contribution in [-0.2, 0) is 31.6 Å². The van der Waals surface area contributed by atoms with E-state index in [4.69, 9.17) is 9.05 Å². The molecule has 1 aromatic heterocycles. The van der Waals surface area contributed by atoms with Gasteiger partial charge in [0.2, 0.25) is 5.91 Å². The number of anilines is 1. The van der Waals surface area contributed by atoms with Crippen molar-refractivity contribution >= 4 is 25.3 Å². The Morgan fingerprint density at radius 2 is 1.81 bits per heavy atom. The monoisotopic (exact) mass is 459 g/mol. The Morgan fingerprint density at radius 3 is 2.44 bits per heavy atom. The highest BCUT2D eigenvalue weighted by atomic mass is 31.2. The van der Waals surface area contributed by atoms with Crippen molar-refractivity contribution < 1.29 is 18.4 Å². The molecule has 0 spiro atoms. The zero-order valence-corrected chi connectivity index (χ0v) is 20.1. The zero-order valence-electron chi connectivity index (χ0n) is 19.3. The summed E-state index contributed by atoms with van der Waals surface area (Å²) in [6.45, 7) is 4.25. The summed E-state index contributed by atoms with van der Waals surface area (Å²) >= 11 is 0. The Morgan fingerprint density at radius 1 is 1.16 bits per heavy atom. The minimum Gasteiger partial charge on any atom is -0.323 e. The van der Waals surface area contributed by atoms with Gasteiger partial charge in [0.25, 0.3) is 0 Å². The van der Waals surface area contributed by atoms with Gasteiger partial charge in [-0.2, -0.15) is 5.10 Å². The number of nitrogens with zero attached hydrogens (tertiary/aromatic N) is 2. The Bertz CT molecular complexity index is 952. The van der Waals surface area contributed by atoms with Crippen molar-refractivity contribution in [1.82, 2.24) is 9.78 Å². The maximum atomic E-state index is 12.7. The first-order valence-corrected chi connectivity index (χ1v) is 13.1. The summed E-state index contributed by atoms with van der Waals surface area (Å²) in [5.41, 5.74) is 3.72. The number of amides is 1. The molecule has 0 saturated heterocycles. The summed E-state index contributed by atoms with van der Waals surface area (Å²) in [5, 5.41) is 7.28. The topological polar surface area (TPSA) is 82.5 Å². The van der Waals surface area contributed by atoms with E-state index < -0.39 is 7.60 Å². The minimum atomic E-state index is -3.15. The number of hydrogen-bond donors (Lipinski definition) is 1. The first-order valence-electron chi connectivity index (χ1n) is 11.4. The van der Waals surface area contributed by atoms with Crippen molar-refractivity contribution in [3.05, 3.63) is 53.4 Å². The van der Waals surface area contributed by atoms with Gasteiger partial charge in [0, 0.05) is 36.0 Å². The second-order valence-corrected chi connectivity index (χ2v) is 10.1. The van der Waals surface area contributed by atoms with Gasteiger partial charge in [-0.05, 0) is 50.5 Å². The van der Waals surface area contributed by atoms with E-state index in [2.05, 4.69) is 10.4 Å². The third kappa shape index (κ3) is 6.64. The van der Waals surface area contributed by atoms with Crippen LogP contribution in [0.25, 0.3) is 6.08 Å². The van der Waals surface area contributed by atoms with E-state index in [0.717, 1.165) is 11.1 Å². The number of benzene rings is 1. The Labute approximate surface area is 190 Å². The van der Waals surface area contributed by atoms with E-state index in [1.165, 1.54) is 37.8 Å². The number of aromatic nitrogens is 2. The predicted octanol–water partition coefficient (Wildman–Crippen LogP) is 5.89. The minimum absolute atomic E-state index is 0.202. The van der Waals surface area contributed by atoms with Crippen LogP contribution < -0.4 is 5.32 Å². The molecule has 0 unspecified atom stereocenters. The molecule has 174 valence electrons. The lowest BCUT2D eigenvalue weighted by Gasteiger charge is -2.22. The quantitative estimate of drug-likeness (QED) is 0.354. The van der Waals surface area contributed by atoms with Crippen molar-refractivity contribution in [2.45, 2.75) is 58.0 Å². The first kappa shape index (κ1) is 24.4. The van der Waals surface area contributed by atoms with Gasteiger partial charge in [-0.25, -0.2) is 0 Å². The fourth-order valence-corrected chi connectivity index (χ4v) is 5.96. The molecule has 1 N–H and O–H groups in total. The van der Waals surface area contributed by atoms with E-state index in [-0.39, 0.29) is 12.1 Å². The van der Waals surface area contributed by atoms with Crippen molar-refractivity contribution in [3.63, 3.8) is 0 Å². The molecular weight excluding hydrogens is 425 g/mol. The third-order valence-corrected chi connectivity index (χ3v) is 7.73. The van der Waals surface area contributed by atoms with Crippen LogP contribution in [-0.4, -0.2) is 28.9 Å². The van der Waals surface area contributed by atoms with Crippen LogP contribution in [0.2, 0.25) is 0 Å². The molecule has 1 fully saturated rings. The van der Waals surface area contributed by atoms with Crippen molar-refractivity contribution in [2.75, 3.05) is 18.5 Å². The number of carbonyl (C=O) groups is 1. The molecule has 8 heteroatoms. The molecule has 0 bridgehead atoms. The van der Waals surface area contributed by atoms with E-state index in [1.807, 2.05) is 36.1 Å². The summed E-state index contributed by atoms with van der Waals surface area (Å²) in [7, 11) is -1.18. The number of nitrogens with one attached hydrogen (secondary N) is 1. The van der Waals surface area contributed by atoms with Gasteiger partial charge in [-0.3, -0.25) is 14.0 Å². The molecule has 3 rings (SSSR count). The summed E-state index contributed by atoms with van der Waals surface area (Å²) < 4.78 is 25.3. The summed E-state index contributed by atoms with van der Waals surface area (Å²) in [4.78, 5) is 12.5. The second-order valence-electron chi connectivity index (χ2n) is 8.07. The lowest BCUT2D eigenvalue weighted by Crippen LogP contribution is -2.11. The van der Waals surface area contributed by atoms with Crippen LogP contribution in [0.5, 0.6) is 0 Å². The molecule has 1 heterocycles. The Kier molecular flexibility index (Phi) is 8.85. The highest BCUT2D eigenvalue weighted by Crippen LogP contribution is 2.51. The molecule has 0 aliphatic heterocycles. The normalized spacial score (nSPS) is 15.3. The van der Waals surface area contributed by atoms with E-state index in [1.54, 1.807) is 32.1 Å². The van der Waals surface area contributed by atoms with Crippen LogP contribution in [0.15, 0.2) is 36.5 Å². The van der Waals surface area contributed by atoms with Crippen molar-refractivity contribution in [3.8, 4) is 0 Å². The second kappa shape index (κ2) is 11.6. The molecule has 0 radical (unpaired) electrons. The molecule has 1 saturated carbocycles. The van der Waals surface area contributed by atoms with Gasteiger partial charge in [0.1, 0.15) is 0 Å². The van der Waals surface area contributed by atoms with Crippen LogP contribution >= 0.6 is 7.60 Å². The van der Waals surface area contributed by atoms with E-state index >= 15 is 0 Å². The average Bonchev–Trinajstić information content (AvgIpc) is 3.15. The smallest absolute Gasteiger partial charge is 0.323 e. The Balaban J connectivity index is 1.61. The highest BCUT2D eigenvalue weighted by molar-refractivity contribution is 7.53. The van der Waals surface area contributed by atoms with Crippen molar-refractivity contribution in [1.29, 1.82) is 0 Å². The number of carbonyl (C=O) groups excluding carboxylic acids is 1. The molecular formula is C24H34N3O4P. The van der Waals surface area contributed by atoms with Gasteiger partial charge >= 0.3 is 7.60 Å². The maximum Gasteiger partial charge on any atom is 0.335 e. The largest absolute Gasteiger partial charge is 0.335 e. The molecule has 1 aliphatic carbocycles. The molecule has 1 aromatic carbocycles. The number of hydrogen-bond acceptors (Lipinski definition) is 5. The van der Waals surface area contributed by atoms with E-state index in [0.29, 0.717) is 24.8 Å². The van der Waals surface area contributed by atoms with Crippen LogP contribution in [0.3, 0.4) is 0 Å². The van der Waals surface area contributed by atoms with Gasteiger partial charge in [0.15, 0.2) is 0 Å². The van der Waals surface area contributed by atoms with Gasteiger partial charge in [-0.15, -0.1) is 0 Å². The molecule has 32 heavy (non-hydrogen) atoms. The molecule has 1 amide bonds. The summed E-state index contributed by atoms with van der Waals surface area (Å²) in [6.07, 6.45) is 11.6. The molecule has 0 atom stereocenters. The SMILES string of the molecule is CCOP(=O)(Cc1ccc(NC(=O)/C=C/c2cnn(C)c2C2CCCCC2)cc1)OCC. The van der Waals surface area contributed by atoms with Crippen LogP contribution in [0.4, 0.5) is 5.69 Å². The highest BCUT2D eigenvalue weighted by Gasteiger charge is 2.24. The van der Waals surface area contributed by atoms with Gasteiger partial charge < -0.3 is 14.4 Å². The van der Waals surface area contributed by atoms with Gasteiger partial charge in [0.05, 0.1) is 25.6 Å². The van der Waals surface area contributed by atoms with Gasteiger partial charge in [-0.1, -0.05) is 31.4 Å². The third-order valence-electron chi connectivity index (χ3n) is 5.67. The average molecular weight is 460 g/mol. The lowest BCUT2D eigenvalue weighted by molar-refractivity contribution is -0.111. The predicted molar refractivity (Wildman–Crippen MR) is 128 cm³/mol. The lowest BCUT2D eigenvalue weighted by atomic mass is 9.85. The Hall–Kier alpha value is -2.21. The fraction of sp³-hybridized carbons (Fsp3) is 0.500. The molecule has 1 aliphatic rings. The van der Waals surface area contributed by atoms with Crippen molar-refractivity contribution in [2.24, 2.45) is 7.05 Å². The zero-order chi connectivity index (χ0) is 23.0. The maximum absolute atomic E-state index is 12.7.